The Morgan fingerprint density at radius 2 is 1.68 bits per heavy atom. The molecule has 0 unspecified atom stereocenters. The van der Waals surface area contributed by atoms with Crippen LogP contribution in [0.5, 0.6) is 17.2 Å². The van der Waals surface area contributed by atoms with Crippen molar-refractivity contribution in [3.63, 3.8) is 0 Å². The summed E-state index contributed by atoms with van der Waals surface area (Å²) in [7, 11) is 0. The van der Waals surface area contributed by atoms with E-state index in [0.29, 0.717) is 17.9 Å². The fourth-order valence-electron chi connectivity index (χ4n) is 2.92. The Morgan fingerprint density at radius 1 is 1.04 bits per heavy atom. The lowest BCUT2D eigenvalue weighted by molar-refractivity contribution is -0.128. The molecule has 1 aliphatic heterocycles. The summed E-state index contributed by atoms with van der Waals surface area (Å²) in [4.78, 5) is 25.1. The quantitative estimate of drug-likeness (QED) is 0.649. The van der Waals surface area contributed by atoms with Crippen LogP contribution in [0.25, 0.3) is 0 Å². The third kappa shape index (κ3) is 5.01. The second-order valence-electron chi connectivity index (χ2n) is 6.59. The third-order valence-corrected chi connectivity index (χ3v) is 4.32. The SMILES string of the molecule is CCC[C@H]1NC(=O)N(C[C@@H](O)COc2ccc(Oc3ccccc3)cc2)C1=O. The van der Waals surface area contributed by atoms with E-state index in [1.165, 1.54) is 0 Å². The Labute approximate surface area is 163 Å². The highest BCUT2D eigenvalue weighted by Crippen LogP contribution is 2.23. The lowest BCUT2D eigenvalue weighted by atomic mass is 10.1. The van der Waals surface area contributed by atoms with Crippen LogP contribution in [0, 0.1) is 0 Å². The highest BCUT2D eigenvalue weighted by atomic mass is 16.5. The van der Waals surface area contributed by atoms with Gasteiger partial charge in [-0.2, -0.15) is 0 Å². The van der Waals surface area contributed by atoms with Gasteiger partial charge in [-0.15, -0.1) is 0 Å². The molecule has 0 bridgehead atoms. The average Bonchev–Trinajstić information content (AvgIpc) is 2.96. The van der Waals surface area contributed by atoms with Crippen LogP contribution >= 0.6 is 0 Å². The van der Waals surface area contributed by atoms with Crippen LogP contribution in [0.2, 0.25) is 0 Å². The number of nitrogens with zero attached hydrogens (tertiary/aromatic N) is 1. The maximum Gasteiger partial charge on any atom is 0.324 e. The third-order valence-electron chi connectivity index (χ3n) is 4.32. The van der Waals surface area contributed by atoms with Crippen LogP contribution in [0.4, 0.5) is 4.79 Å². The number of rotatable bonds is 9. The van der Waals surface area contributed by atoms with Gasteiger partial charge < -0.3 is 19.9 Å². The Morgan fingerprint density at radius 3 is 2.36 bits per heavy atom. The lowest BCUT2D eigenvalue weighted by Gasteiger charge is -2.18. The molecule has 148 valence electrons. The minimum absolute atomic E-state index is 0.0333. The van der Waals surface area contributed by atoms with Gasteiger partial charge in [0, 0.05) is 0 Å². The van der Waals surface area contributed by atoms with Crippen molar-refractivity contribution < 1.29 is 24.2 Å². The molecule has 3 rings (SSSR count). The molecule has 0 radical (unpaired) electrons. The normalized spacial score (nSPS) is 17.4. The first-order valence-electron chi connectivity index (χ1n) is 9.32. The number of β-amino-alcohol motifs (C(OH)–C–C–N with tert-alkyl or cyclic N) is 1. The fourth-order valence-corrected chi connectivity index (χ4v) is 2.92. The van der Waals surface area contributed by atoms with Crippen molar-refractivity contribution in [2.45, 2.75) is 31.9 Å². The van der Waals surface area contributed by atoms with Crippen LogP contribution in [-0.4, -0.2) is 47.2 Å². The molecule has 7 nitrogen and oxygen atoms in total. The number of benzene rings is 2. The van der Waals surface area contributed by atoms with Crippen LogP contribution < -0.4 is 14.8 Å². The monoisotopic (exact) mass is 384 g/mol. The van der Waals surface area contributed by atoms with Gasteiger partial charge in [-0.3, -0.25) is 9.69 Å². The van der Waals surface area contributed by atoms with E-state index in [0.717, 1.165) is 17.1 Å². The van der Waals surface area contributed by atoms with E-state index in [1.54, 1.807) is 24.3 Å². The number of para-hydroxylation sites is 1. The highest BCUT2D eigenvalue weighted by molar-refractivity contribution is 6.04. The van der Waals surface area contributed by atoms with Gasteiger partial charge in [0.25, 0.3) is 5.91 Å². The first kappa shape index (κ1) is 19.7. The van der Waals surface area contributed by atoms with Gasteiger partial charge in [0.2, 0.25) is 0 Å². The van der Waals surface area contributed by atoms with Crippen LogP contribution in [0.15, 0.2) is 54.6 Å². The molecule has 2 aromatic carbocycles. The van der Waals surface area contributed by atoms with Crippen molar-refractivity contribution >= 4 is 11.9 Å². The largest absolute Gasteiger partial charge is 0.491 e. The summed E-state index contributed by atoms with van der Waals surface area (Å²) in [6.07, 6.45) is 0.404. The summed E-state index contributed by atoms with van der Waals surface area (Å²) in [5, 5.41) is 12.8. The summed E-state index contributed by atoms with van der Waals surface area (Å²) >= 11 is 0. The van der Waals surface area contributed by atoms with E-state index < -0.39 is 18.2 Å². The summed E-state index contributed by atoms with van der Waals surface area (Å²) in [5.41, 5.74) is 0. The predicted octanol–water partition coefficient (Wildman–Crippen LogP) is 2.94. The van der Waals surface area contributed by atoms with Gasteiger partial charge in [-0.25, -0.2) is 4.79 Å². The maximum absolute atomic E-state index is 12.2. The Kier molecular flexibility index (Phi) is 6.49. The summed E-state index contributed by atoms with van der Waals surface area (Å²) < 4.78 is 11.3. The second-order valence-corrected chi connectivity index (χ2v) is 6.59. The molecule has 1 fully saturated rings. The number of aliphatic hydroxyl groups excluding tert-OH is 1. The predicted molar refractivity (Wildman–Crippen MR) is 103 cm³/mol. The number of carbonyl (C=O) groups excluding carboxylic acids is 2. The number of amides is 3. The van der Waals surface area contributed by atoms with E-state index >= 15 is 0 Å². The molecule has 2 N–H and O–H groups in total. The van der Waals surface area contributed by atoms with E-state index in [-0.39, 0.29) is 19.1 Å². The molecule has 3 amide bonds. The number of hydrogen-bond donors (Lipinski definition) is 2. The zero-order chi connectivity index (χ0) is 19.9. The molecule has 2 aromatic rings. The number of hydrogen-bond acceptors (Lipinski definition) is 5. The topological polar surface area (TPSA) is 88.1 Å². The lowest BCUT2D eigenvalue weighted by Crippen LogP contribution is -2.40. The van der Waals surface area contributed by atoms with Crippen molar-refractivity contribution in [1.82, 2.24) is 10.2 Å². The number of urea groups is 1. The first-order chi connectivity index (χ1) is 13.6. The summed E-state index contributed by atoms with van der Waals surface area (Å²) in [6.45, 7) is 1.81. The highest BCUT2D eigenvalue weighted by Gasteiger charge is 2.38. The molecule has 0 aromatic heterocycles. The minimum atomic E-state index is -0.977. The Balaban J connectivity index is 1.47. The van der Waals surface area contributed by atoms with Gasteiger partial charge in [-0.05, 0) is 42.8 Å². The zero-order valence-electron chi connectivity index (χ0n) is 15.7. The van der Waals surface area contributed by atoms with Gasteiger partial charge in [-0.1, -0.05) is 31.5 Å². The zero-order valence-corrected chi connectivity index (χ0v) is 15.7. The average molecular weight is 384 g/mol. The minimum Gasteiger partial charge on any atom is -0.491 e. The standard InChI is InChI=1S/C21H24N2O5/c1-2-6-19-20(25)23(21(26)22-19)13-15(24)14-27-16-9-11-18(12-10-16)28-17-7-4-3-5-8-17/h3-5,7-12,15,19,24H,2,6,13-14H2,1H3,(H,22,26)/t15-,19-/m1/s1. The van der Waals surface area contributed by atoms with Gasteiger partial charge in [0.05, 0.1) is 6.54 Å². The van der Waals surface area contributed by atoms with Crippen molar-refractivity contribution in [3.05, 3.63) is 54.6 Å². The smallest absolute Gasteiger partial charge is 0.324 e. The van der Waals surface area contributed by atoms with Crippen LogP contribution in [-0.2, 0) is 4.79 Å². The molecule has 0 aliphatic carbocycles. The van der Waals surface area contributed by atoms with E-state index in [4.69, 9.17) is 9.47 Å². The summed E-state index contributed by atoms with van der Waals surface area (Å²) in [5.74, 6) is 1.66. The Bertz CT molecular complexity index is 794. The van der Waals surface area contributed by atoms with Crippen molar-refractivity contribution in [2.24, 2.45) is 0 Å². The first-order valence-corrected chi connectivity index (χ1v) is 9.32. The molecule has 2 atom stereocenters. The molecular formula is C21H24N2O5. The molecule has 1 aliphatic rings. The van der Waals surface area contributed by atoms with Gasteiger partial charge in [0.1, 0.15) is 36.0 Å². The summed E-state index contributed by atoms with van der Waals surface area (Å²) in [6, 6.07) is 15.5. The maximum atomic E-state index is 12.2. The fraction of sp³-hybridized carbons (Fsp3) is 0.333. The van der Waals surface area contributed by atoms with E-state index in [1.807, 2.05) is 37.3 Å². The van der Waals surface area contributed by atoms with E-state index in [9.17, 15) is 14.7 Å². The van der Waals surface area contributed by atoms with Gasteiger partial charge in [0.15, 0.2) is 0 Å². The Hall–Kier alpha value is -3.06. The van der Waals surface area contributed by atoms with Crippen LogP contribution in [0.3, 0.4) is 0 Å². The molecule has 0 saturated carbocycles. The number of nitrogens with one attached hydrogen (secondary N) is 1. The van der Waals surface area contributed by atoms with Crippen LogP contribution in [0.1, 0.15) is 19.8 Å². The number of carbonyl (C=O) groups is 2. The molecule has 28 heavy (non-hydrogen) atoms. The molecule has 1 saturated heterocycles. The molecular weight excluding hydrogens is 360 g/mol. The van der Waals surface area contributed by atoms with Crippen molar-refractivity contribution in [2.75, 3.05) is 13.2 Å². The number of ether oxygens (including phenoxy) is 2. The molecule has 1 heterocycles. The van der Waals surface area contributed by atoms with Gasteiger partial charge >= 0.3 is 6.03 Å². The van der Waals surface area contributed by atoms with Crippen molar-refractivity contribution in [1.29, 1.82) is 0 Å². The van der Waals surface area contributed by atoms with E-state index in [2.05, 4.69) is 5.32 Å². The molecule has 0 spiro atoms. The second kappa shape index (κ2) is 9.23. The number of aliphatic hydroxyl groups is 1. The van der Waals surface area contributed by atoms with Crippen molar-refractivity contribution in [3.8, 4) is 17.2 Å². The molecule has 7 heteroatoms. The number of imide groups is 1.